The van der Waals surface area contributed by atoms with E-state index >= 15 is 0 Å². The second kappa shape index (κ2) is 4.23. The maximum atomic E-state index is 5.28. The Balaban J connectivity index is 2.31. The van der Waals surface area contributed by atoms with E-state index in [9.17, 15) is 0 Å². The highest BCUT2D eigenvalue weighted by molar-refractivity contribution is 5.41. The summed E-state index contributed by atoms with van der Waals surface area (Å²) in [5.41, 5.74) is 2.96. The molecule has 1 aromatic carbocycles. The van der Waals surface area contributed by atoms with Crippen LogP contribution in [0.1, 0.15) is 30.4 Å². The third-order valence-electron chi connectivity index (χ3n) is 3.54. The fraction of sp³-hybridized carbons (Fsp3) is 0.538. The standard InChI is InChI=1S/C13H19NO/c1-9(14-2)12-7-5-10-4-6-11(15-3)8-13(10)12/h4,6,8-9,12,14H,5,7H2,1-3H3. The maximum absolute atomic E-state index is 5.28. The van der Waals surface area contributed by atoms with Crippen molar-refractivity contribution in [1.29, 1.82) is 0 Å². The van der Waals surface area contributed by atoms with Crippen LogP contribution in [0.25, 0.3) is 0 Å². The van der Waals surface area contributed by atoms with Crippen molar-refractivity contribution in [3.05, 3.63) is 29.3 Å². The number of benzene rings is 1. The molecule has 1 aliphatic rings. The molecule has 2 atom stereocenters. The van der Waals surface area contributed by atoms with Gasteiger partial charge in [-0.2, -0.15) is 0 Å². The molecule has 82 valence electrons. The van der Waals surface area contributed by atoms with Crippen LogP contribution in [-0.4, -0.2) is 20.2 Å². The molecule has 0 heterocycles. The van der Waals surface area contributed by atoms with E-state index in [1.807, 2.05) is 7.05 Å². The van der Waals surface area contributed by atoms with Gasteiger partial charge in [0, 0.05) is 6.04 Å². The minimum Gasteiger partial charge on any atom is -0.497 e. The summed E-state index contributed by atoms with van der Waals surface area (Å²) in [6, 6.07) is 7.00. The van der Waals surface area contributed by atoms with Crippen LogP contribution < -0.4 is 10.1 Å². The van der Waals surface area contributed by atoms with E-state index in [2.05, 4.69) is 30.4 Å². The predicted octanol–water partition coefficient (Wildman–Crippen LogP) is 2.33. The zero-order valence-electron chi connectivity index (χ0n) is 9.71. The molecule has 0 bridgehead atoms. The number of rotatable bonds is 3. The number of fused-ring (bicyclic) bond motifs is 1. The van der Waals surface area contributed by atoms with Crippen molar-refractivity contribution in [1.82, 2.24) is 5.32 Å². The number of ether oxygens (including phenoxy) is 1. The lowest BCUT2D eigenvalue weighted by atomic mass is 9.94. The molecule has 0 aliphatic heterocycles. The van der Waals surface area contributed by atoms with E-state index in [0.717, 1.165) is 5.75 Å². The van der Waals surface area contributed by atoms with E-state index in [0.29, 0.717) is 12.0 Å². The number of hydrogen-bond acceptors (Lipinski definition) is 2. The minimum atomic E-state index is 0.540. The van der Waals surface area contributed by atoms with Crippen LogP contribution in [-0.2, 0) is 6.42 Å². The van der Waals surface area contributed by atoms with Gasteiger partial charge in [-0.1, -0.05) is 6.07 Å². The molecule has 0 saturated carbocycles. The van der Waals surface area contributed by atoms with Crippen LogP contribution in [0.5, 0.6) is 5.75 Å². The number of nitrogens with one attached hydrogen (secondary N) is 1. The third-order valence-corrected chi connectivity index (χ3v) is 3.54. The summed E-state index contributed by atoms with van der Waals surface area (Å²) in [4.78, 5) is 0. The Bertz CT molecular complexity index is 348. The molecule has 0 saturated heterocycles. The topological polar surface area (TPSA) is 21.3 Å². The number of likely N-dealkylation sites (N-methyl/N-ethyl adjacent to an activating group) is 1. The summed E-state index contributed by atoms with van der Waals surface area (Å²) < 4.78 is 5.28. The van der Waals surface area contributed by atoms with Crippen LogP contribution in [0.4, 0.5) is 0 Å². The highest BCUT2D eigenvalue weighted by Crippen LogP contribution is 2.37. The van der Waals surface area contributed by atoms with E-state index in [1.165, 1.54) is 24.0 Å². The highest BCUT2D eigenvalue weighted by atomic mass is 16.5. The molecule has 1 N–H and O–H groups in total. The van der Waals surface area contributed by atoms with Gasteiger partial charge in [-0.15, -0.1) is 0 Å². The van der Waals surface area contributed by atoms with Gasteiger partial charge in [0.2, 0.25) is 0 Å². The van der Waals surface area contributed by atoms with Gasteiger partial charge in [0.1, 0.15) is 5.75 Å². The monoisotopic (exact) mass is 205 g/mol. The lowest BCUT2D eigenvalue weighted by molar-refractivity contribution is 0.413. The second-order valence-electron chi connectivity index (χ2n) is 4.29. The quantitative estimate of drug-likeness (QED) is 0.817. The molecule has 2 unspecified atom stereocenters. The molecular formula is C13H19NO. The van der Waals surface area contributed by atoms with Gasteiger partial charge in [-0.3, -0.25) is 0 Å². The largest absolute Gasteiger partial charge is 0.497 e. The normalized spacial score (nSPS) is 21.1. The lowest BCUT2D eigenvalue weighted by Gasteiger charge is -2.19. The summed E-state index contributed by atoms with van der Waals surface area (Å²) in [5, 5.41) is 3.34. The number of methoxy groups -OCH3 is 1. The molecule has 1 aromatic rings. The van der Waals surface area contributed by atoms with Crippen LogP contribution in [0.2, 0.25) is 0 Å². The molecule has 0 radical (unpaired) electrons. The van der Waals surface area contributed by atoms with E-state index < -0.39 is 0 Å². The Hall–Kier alpha value is -1.02. The molecule has 15 heavy (non-hydrogen) atoms. The smallest absolute Gasteiger partial charge is 0.119 e. The first-order valence-corrected chi connectivity index (χ1v) is 5.60. The van der Waals surface area contributed by atoms with Gasteiger partial charge >= 0.3 is 0 Å². The van der Waals surface area contributed by atoms with Crippen LogP contribution in [0.3, 0.4) is 0 Å². The van der Waals surface area contributed by atoms with Crippen molar-refractivity contribution in [2.45, 2.75) is 31.7 Å². The molecule has 0 spiro atoms. The summed E-state index contributed by atoms with van der Waals surface area (Å²) in [7, 11) is 3.76. The third kappa shape index (κ3) is 1.86. The molecule has 1 aliphatic carbocycles. The van der Waals surface area contributed by atoms with E-state index in [-0.39, 0.29) is 0 Å². The Morgan fingerprint density at radius 2 is 2.27 bits per heavy atom. The van der Waals surface area contributed by atoms with Gasteiger partial charge < -0.3 is 10.1 Å². The molecule has 0 amide bonds. The minimum absolute atomic E-state index is 0.540. The van der Waals surface area contributed by atoms with Crippen molar-refractivity contribution >= 4 is 0 Å². The molecule has 0 fully saturated rings. The molecule has 2 rings (SSSR count). The first kappa shape index (κ1) is 10.5. The van der Waals surface area contributed by atoms with Gasteiger partial charge in [0.25, 0.3) is 0 Å². The van der Waals surface area contributed by atoms with Crippen molar-refractivity contribution in [2.75, 3.05) is 14.2 Å². The zero-order valence-corrected chi connectivity index (χ0v) is 9.71. The summed E-state index contributed by atoms with van der Waals surface area (Å²) >= 11 is 0. The average Bonchev–Trinajstić information content (AvgIpc) is 2.70. The van der Waals surface area contributed by atoms with Crippen LogP contribution >= 0.6 is 0 Å². The summed E-state index contributed by atoms with van der Waals surface area (Å²) in [6.45, 7) is 2.25. The first-order valence-electron chi connectivity index (χ1n) is 5.60. The zero-order chi connectivity index (χ0) is 10.8. The van der Waals surface area contributed by atoms with Crippen molar-refractivity contribution in [2.24, 2.45) is 0 Å². The summed E-state index contributed by atoms with van der Waals surface area (Å²) in [5.74, 6) is 1.61. The van der Waals surface area contributed by atoms with Crippen molar-refractivity contribution in [3.63, 3.8) is 0 Å². The fourth-order valence-electron chi connectivity index (χ4n) is 2.46. The Morgan fingerprint density at radius 3 is 2.93 bits per heavy atom. The van der Waals surface area contributed by atoms with Gasteiger partial charge in [-0.25, -0.2) is 0 Å². The van der Waals surface area contributed by atoms with Crippen molar-refractivity contribution < 1.29 is 4.74 Å². The number of aryl methyl sites for hydroxylation is 1. The maximum Gasteiger partial charge on any atom is 0.119 e. The van der Waals surface area contributed by atoms with Crippen LogP contribution in [0.15, 0.2) is 18.2 Å². The average molecular weight is 205 g/mol. The molecule has 0 aromatic heterocycles. The lowest BCUT2D eigenvalue weighted by Crippen LogP contribution is -2.27. The van der Waals surface area contributed by atoms with E-state index in [1.54, 1.807) is 7.11 Å². The fourth-order valence-corrected chi connectivity index (χ4v) is 2.46. The Morgan fingerprint density at radius 1 is 1.47 bits per heavy atom. The van der Waals surface area contributed by atoms with E-state index in [4.69, 9.17) is 4.74 Å². The summed E-state index contributed by atoms with van der Waals surface area (Å²) in [6.07, 6.45) is 2.46. The first-order chi connectivity index (χ1) is 7.26. The SMILES string of the molecule is CNC(C)C1CCc2ccc(OC)cc21. The predicted molar refractivity (Wildman–Crippen MR) is 62.6 cm³/mol. The molecule has 2 nitrogen and oxygen atoms in total. The van der Waals surface area contributed by atoms with Gasteiger partial charge in [0.05, 0.1) is 7.11 Å². The van der Waals surface area contributed by atoms with Gasteiger partial charge in [-0.05, 0) is 56.0 Å². The van der Waals surface area contributed by atoms with Gasteiger partial charge in [0.15, 0.2) is 0 Å². The number of hydrogen-bond donors (Lipinski definition) is 1. The molecular weight excluding hydrogens is 186 g/mol. The molecule has 2 heteroatoms. The Kier molecular flexibility index (Phi) is 2.96. The highest BCUT2D eigenvalue weighted by Gasteiger charge is 2.26. The second-order valence-corrected chi connectivity index (χ2v) is 4.29. The Labute approximate surface area is 91.6 Å². The van der Waals surface area contributed by atoms with Crippen LogP contribution in [0, 0.1) is 0 Å². The van der Waals surface area contributed by atoms with Crippen molar-refractivity contribution in [3.8, 4) is 5.75 Å².